The van der Waals surface area contributed by atoms with Crippen LogP contribution in [0.15, 0.2) is 0 Å². The van der Waals surface area contributed by atoms with Gasteiger partial charge in [-0.1, -0.05) is 77.6 Å². The number of nitrogens with one attached hydrogen (secondary N) is 2. The molecule has 0 aliphatic carbocycles. The van der Waals surface area contributed by atoms with Crippen molar-refractivity contribution in [1.29, 1.82) is 0 Å². The predicted molar refractivity (Wildman–Crippen MR) is 132 cm³/mol. The number of esters is 1. The SMILES string of the molecule is CCCCCCCCCCCCCC(CC(=O)OCC)NCCCCN1CCCNC1. The molecule has 2 N–H and O–H groups in total. The van der Waals surface area contributed by atoms with E-state index in [-0.39, 0.29) is 12.0 Å². The molecule has 5 nitrogen and oxygen atoms in total. The zero-order valence-corrected chi connectivity index (χ0v) is 20.9. The van der Waals surface area contributed by atoms with E-state index >= 15 is 0 Å². The summed E-state index contributed by atoms with van der Waals surface area (Å²) in [7, 11) is 0. The molecule has 1 heterocycles. The second kappa shape index (κ2) is 21.2. The number of carbonyl (C=O) groups is 1. The van der Waals surface area contributed by atoms with Crippen molar-refractivity contribution in [1.82, 2.24) is 15.5 Å². The Morgan fingerprint density at radius 2 is 1.61 bits per heavy atom. The predicted octanol–water partition coefficient (Wildman–Crippen LogP) is 5.63. The average molecular weight is 440 g/mol. The van der Waals surface area contributed by atoms with Crippen molar-refractivity contribution in [3.63, 3.8) is 0 Å². The molecule has 0 aromatic carbocycles. The van der Waals surface area contributed by atoms with E-state index in [0.717, 1.165) is 26.2 Å². The topological polar surface area (TPSA) is 53.6 Å². The van der Waals surface area contributed by atoms with Gasteiger partial charge in [0.15, 0.2) is 0 Å². The van der Waals surface area contributed by atoms with Gasteiger partial charge in [0.05, 0.1) is 13.0 Å². The summed E-state index contributed by atoms with van der Waals surface area (Å²) >= 11 is 0. The van der Waals surface area contributed by atoms with Crippen molar-refractivity contribution in [3.8, 4) is 0 Å². The Morgan fingerprint density at radius 1 is 0.935 bits per heavy atom. The highest BCUT2D eigenvalue weighted by Gasteiger charge is 2.14. The van der Waals surface area contributed by atoms with E-state index in [1.165, 1.54) is 103 Å². The van der Waals surface area contributed by atoms with Crippen LogP contribution >= 0.6 is 0 Å². The summed E-state index contributed by atoms with van der Waals surface area (Å²) in [5, 5.41) is 7.09. The zero-order chi connectivity index (χ0) is 22.4. The fourth-order valence-electron chi connectivity index (χ4n) is 4.45. The maximum Gasteiger partial charge on any atom is 0.307 e. The van der Waals surface area contributed by atoms with E-state index in [1.807, 2.05) is 6.92 Å². The Bertz CT molecular complexity index is 400. The van der Waals surface area contributed by atoms with Gasteiger partial charge in [0, 0.05) is 19.3 Å². The van der Waals surface area contributed by atoms with E-state index < -0.39 is 0 Å². The number of rotatable bonds is 21. The van der Waals surface area contributed by atoms with Gasteiger partial charge in [-0.25, -0.2) is 0 Å². The van der Waals surface area contributed by atoms with Gasteiger partial charge in [-0.3, -0.25) is 9.69 Å². The lowest BCUT2D eigenvalue weighted by Crippen LogP contribution is -2.42. The molecule has 31 heavy (non-hydrogen) atoms. The van der Waals surface area contributed by atoms with Crippen LogP contribution in [0.5, 0.6) is 0 Å². The molecule has 5 heteroatoms. The molecule has 1 fully saturated rings. The fourth-order valence-corrected chi connectivity index (χ4v) is 4.45. The van der Waals surface area contributed by atoms with E-state index in [2.05, 4.69) is 22.5 Å². The lowest BCUT2D eigenvalue weighted by atomic mass is 10.0. The van der Waals surface area contributed by atoms with Gasteiger partial charge in [0.1, 0.15) is 0 Å². The molecule has 1 aliphatic rings. The molecule has 0 spiro atoms. The van der Waals surface area contributed by atoms with Crippen LogP contribution in [0.25, 0.3) is 0 Å². The minimum Gasteiger partial charge on any atom is -0.466 e. The number of nitrogens with zero attached hydrogens (tertiary/aromatic N) is 1. The Balaban J connectivity index is 2.07. The molecule has 1 unspecified atom stereocenters. The number of ether oxygens (including phenoxy) is 1. The van der Waals surface area contributed by atoms with Crippen LogP contribution in [0.4, 0.5) is 0 Å². The molecule has 0 radical (unpaired) electrons. The summed E-state index contributed by atoms with van der Waals surface area (Å²) < 4.78 is 5.19. The van der Waals surface area contributed by atoms with Crippen LogP contribution in [-0.2, 0) is 9.53 Å². The van der Waals surface area contributed by atoms with Crippen molar-refractivity contribution in [3.05, 3.63) is 0 Å². The summed E-state index contributed by atoms with van der Waals surface area (Å²) in [5.41, 5.74) is 0. The lowest BCUT2D eigenvalue weighted by Gasteiger charge is -2.27. The number of hydrogen-bond donors (Lipinski definition) is 2. The van der Waals surface area contributed by atoms with Crippen LogP contribution in [0.2, 0.25) is 0 Å². The molecule has 1 rings (SSSR count). The first-order chi connectivity index (χ1) is 15.3. The molecule has 1 atom stereocenters. The van der Waals surface area contributed by atoms with Crippen LogP contribution < -0.4 is 10.6 Å². The first kappa shape index (κ1) is 28.4. The maximum absolute atomic E-state index is 12.0. The lowest BCUT2D eigenvalue weighted by molar-refractivity contribution is -0.143. The molecule has 1 aliphatic heterocycles. The number of hydrogen-bond acceptors (Lipinski definition) is 5. The first-order valence-electron chi connectivity index (χ1n) is 13.6. The van der Waals surface area contributed by atoms with Crippen LogP contribution in [0, 0.1) is 0 Å². The van der Waals surface area contributed by atoms with Gasteiger partial charge in [0.25, 0.3) is 0 Å². The van der Waals surface area contributed by atoms with E-state index in [0.29, 0.717) is 13.0 Å². The van der Waals surface area contributed by atoms with Gasteiger partial charge in [0.2, 0.25) is 0 Å². The number of unbranched alkanes of at least 4 members (excludes halogenated alkanes) is 11. The molecular weight excluding hydrogens is 386 g/mol. The van der Waals surface area contributed by atoms with Gasteiger partial charge in [-0.15, -0.1) is 0 Å². The second-order valence-corrected chi connectivity index (χ2v) is 9.32. The highest BCUT2D eigenvalue weighted by atomic mass is 16.5. The summed E-state index contributed by atoms with van der Waals surface area (Å²) in [6.07, 6.45) is 20.3. The Labute approximate surface area is 193 Å². The van der Waals surface area contributed by atoms with Crippen molar-refractivity contribution in [2.75, 3.05) is 39.5 Å². The quantitative estimate of drug-likeness (QED) is 0.179. The Hall–Kier alpha value is -0.650. The highest BCUT2D eigenvalue weighted by molar-refractivity contribution is 5.70. The van der Waals surface area contributed by atoms with E-state index in [1.54, 1.807) is 0 Å². The van der Waals surface area contributed by atoms with Crippen molar-refractivity contribution >= 4 is 5.97 Å². The van der Waals surface area contributed by atoms with Crippen LogP contribution in [-0.4, -0.2) is 56.4 Å². The summed E-state index contributed by atoms with van der Waals surface area (Å²) in [4.78, 5) is 14.5. The van der Waals surface area contributed by atoms with Crippen LogP contribution in [0.1, 0.15) is 117 Å². The molecule has 0 amide bonds. The normalized spacial score (nSPS) is 15.8. The Kier molecular flexibility index (Phi) is 19.4. The third-order valence-electron chi connectivity index (χ3n) is 6.37. The van der Waals surface area contributed by atoms with E-state index in [9.17, 15) is 4.79 Å². The fraction of sp³-hybridized carbons (Fsp3) is 0.962. The van der Waals surface area contributed by atoms with Crippen LogP contribution in [0.3, 0.4) is 0 Å². The smallest absolute Gasteiger partial charge is 0.307 e. The van der Waals surface area contributed by atoms with Gasteiger partial charge < -0.3 is 15.4 Å². The van der Waals surface area contributed by atoms with Crippen molar-refractivity contribution in [2.45, 2.75) is 123 Å². The Morgan fingerprint density at radius 3 is 2.23 bits per heavy atom. The van der Waals surface area contributed by atoms with E-state index in [4.69, 9.17) is 4.74 Å². The van der Waals surface area contributed by atoms with Gasteiger partial charge in [-0.05, 0) is 52.2 Å². The standard InChI is InChI=1S/C26H53N3O2/c1-3-5-6-7-8-9-10-11-12-13-14-18-25(23-26(30)31-4-2)28-20-15-16-21-29-22-17-19-27-24-29/h25,27-28H,3-24H2,1-2H3. The van der Waals surface area contributed by atoms with Crippen molar-refractivity contribution < 1.29 is 9.53 Å². The molecule has 0 aromatic heterocycles. The summed E-state index contributed by atoms with van der Waals surface area (Å²) in [6.45, 7) is 10.3. The highest BCUT2D eigenvalue weighted by Crippen LogP contribution is 2.14. The molecule has 1 saturated heterocycles. The molecule has 0 aromatic rings. The van der Waals surface area contributed by atoms with Gasteiger partial charge >= 0.3 is 5.97 Å². The third kappa shape index (κ3) is 17.6. The third-order valence-corrected chi connectivity index (χ3v) is 6.37. The molecule has 184 valence electrons. The average Bonchev–Trinajstić information content (AvgIpc) is 2.78. The van der Waals surface area contributed by atoms with Gasteiger partial charge in [-0.2, -0.15) is 0 Å². The number of carbonyl (C=O) groups excluding carboxylic acids is 1. The summed E-state index contributed by atoms with van der Waals surface area (Å²) in [5.74, 6) is -0.0533. The largest absolute Gasteiger partial charge is 0.466 e. The second-order valence-electron chi connectivity index (χ2n) is 9.32. The zero-order valence-electron chi connectivity index (χ0n) is 20.9. The summed E-state index contributed by atoms with van der Waals surface area (Å²) in [6, 6.07) is 0.272. The van der Waals surface area contributed by atoms with Crippen molar-refractivity contribution in [2.24, 2.45) is 0 Å². The minimum atomic E-state index is -0.0533. The monoisotopic (exact) mass is 439 g/mol. The minimum absolute atomic E-state index is 0.0533. The molecule has 0 bridgehead atoms. The molecular formula is C26H53N3O2. The first-order valence-corrected chi connectivity index (χ1v) is 13.6. The maximum atomic E-state index is 12.0. The molecule has 0 saturated carbocycles.